The zero-order valence-corrected chi connectivity index (χ0v) is 14.7. The number of carbonyl (C=O) groups is 2. The lowest BCUT2D eigenvalue weighted by Gasteiger charge is -2.10. The third-order valence-electron chi connectivity index (χ3n) is 3.54. The van der Waals surface area contributed by atoms with Crippen LogP contribution >= 0.6 is 0 Å². The summed E-state index contributed by atoms with van der Waals surface area (Å²) >= 11 is 0. The molecule has 0 atom stereocenters. The number of hydrogen-bond acceptors (Lipinski definition) is 6. The molecule has 132 valence electrons. The van der Waals surface area contributed by atoms with Crippen LogP contribution < -0.4 is 10.6 Å². The van der Waals surface area contributed by atoms with Gasteiger partial charge in [-0.15, -0.1) is 0 Å². The zero-order chi connectivity index (χ0) is 18.2. The Morgan fingerprint density at radius 1 is 1.12 bits per heavy atom. The van der Waals surface area contributed by atoms with Crippen LogP contribution in [0.2, 0.25) is 0 Å². The minimum atomic E-state index is -0.325. The molecule has 7 heteroatoms. The van der Waals surface area contributed by atoms with E-state index in [4.69, 9.17) is 0 Å². The second kappa shape index (κ2) is 8.89. The van der Waals surface area contributed by atoms with Crippen molar-refractivity contribution in [1.82, 2.24) is 14.9 Å². The van der Waals surface area contributed by atoms with Gasteiger partial charge in [0, 0.05) is 23.9 Å². The van der Waals surface area contributed by atoms with Crippen LogP contribution in [0.3, 0.4) is 0 Å². The molecule has 0 spiro atoms. The highest BCUT2D eigenvalue weighted by Gasteiger charge is 2.09. The highest BCUT2D eigenvalue weighted by molar-refractivity contribution is 6.03. The molecule has 0 unspecified atom stereocenters. The number of aromatic nitrogens is 2. The molecule has 0 radical (unpaired) electrons. The Morgan fingerprint density at radius 2 is 1.84 bits per heavy atom. The van der Waals surface area contributed by atoms with Gasteiger partial charge in [0.15, 0.2) is 5.78 Å². The average molecular weight is 341 g/mol. The maximum absolute atomic E-state index is 12.3. The molecule has 0 saturated carbocycles. The van der Waals surface area contributed by atoms with E-state index in [0.717, 1.165) is 19.5 Å². The van der Waals surface area contributed by atoms with Crippen LogP contribution in [-0.2, 0) is 0 Å². The van der Waals surface area contributed by atoms with Gasteiger partial charge in [0.05, 0.1) is 0 Å². The Balaban J connectivity index is 1.94. The summed E-state index contributed by atoms with van der Waals surface area (Å²) in [5.41, 5.74) is 1.49. The van der Waals surface area contributed by atoms with Crippen LogP contribution in [0.15, 0.2) is 36.7 Å². The number of hydrogen-bond donors (Lipinski definition) is 2. The van der Waals surface area contributed by atoms with Crippen molar-refractivity contribution in [3.05, 3.63) is 47.9 Å². The fraction of sp³-hybridized carbons (Fsp3) is 0.333. The van der Waals surface area contributed by atoms with Crippen molar-refractivity contribution < 1.29 is 9.59 Å². The van der Waals surface area contributed by atoms with Gasteiger partial charge >= 0.3 is 0 Å². The summed E-state index contributed by atoms with van der Waals surface area (Å²) in [5, 5.41) is 5.94. The Labute approximate surface area is 147 Å². The number of benzene rings is 1. The van der Waals surface area contributed by atoms with Crippen molar-refractivity contribution in [2.75, 3.05) is 37.8 Å². The van der Waals surface area contributed by atoms with E-state index in [1.807, 2.05) is 14.1 Å². The first-order chi connectivity index (χ1) is 12.0. The van der Waals surface area contributed by atoms with Crippen LogP contribution in [0, 0.1) is 0 Å². The lowest BCUT2D eigenvalue weighted by molar-refractivity contribution is 0.101. The maximum atomic E-state index is 12.3. The number of nitrogens with zero attached hydrogens (tertiary/aromatic N) is 3. The molecular formula is C18H23N5O2. The number of rotatable bonds is 8. The fourth-order valence-electron chi connectivity index (χ4n) is 2.17. The van der Waals surface area contributed by atoms with E-state index >= 15 is 0 Å². The summed E-state index contributed by atoms with van der Waals surface area (Å²) in [6.45, 7) is 3.24. The van der Waals surface area contributed by atoms with Crippen LogP contribution in [0.5, 0.6) is 0 Å². The minimum Gasteiger partial charge on any atom is -0.370 e. The van der Waals surface area contributed by atoms with Gasteiger partial charge in [0.1, 0.15) is 17.8 Å². The second-order valence-electron chi connectivity index (χ2n) is 5.96. The predicted octanol–water partition coefficient (Wildman–Crippen LogP) is 2.30. The SMILES string of the molecule is CC(=O)c1ccc(NC(=O)c2cc(NCCCN(C)C)ncn2)cc1. The number of amides is 1. The van der Waals surface area contributed by atoms with Crippen molar-refractivity contribution in [2.45, 2.75) is 13.3 Å². The lowest BCUT2D eigenvalue weighted by Crippen LogP contribution is -2.17. The second-order valence-corrected chi connectivity index (χ2v) is 5.96. The molecule has 0 fully saturated rings. The molecule has 2 aromatic rings. The summed E-state index contributed by atoms with van der Waals surface area (Å²) < 4.78 is 0. The van der Waals surface area contributed by atoms with Crippen molar-refractivity contribution >= 4 is 23.2 Å². The van der Waals surface area contributed by atoms with Crippen LogP contribution in [-0.4, -0.2) is 53.7 Å². The van der Waals surface area contributed by atoms with Crippen molar-refractivity contribution in [2.24, 2.45) is 0 Å². The van der Waals surface area contributed by atoms with Gasteiger partial charge in [0.25, 0.3) is 5.91 Å². The average Bonchev–Trinajstić information content (AvgIpc) is 2.59. The van der Waals surface area contributed by atoms with Gasteiger partial charge in [-0.05, 0) is 58.3 Å². The first-order valence-electron chi connectivity index (χ1n) is 8.08. The quantitative estimate of drug-likeness (QED) is 0.566. The van der Waals surface area contributed by atoms with Crippen LogP contribution in [0.4, 0.5) is 11.5 Å². The van der Waals surface area contributed by atoms with Crippen molar-refractivity contribution in [3.63, 3.8) is 0 Å². The summed E-state index contributed by atoms with van der Waals surface area (Å²) in [6, 6.07) is 8.35. The summed E-state index contributed by atoms with van der Waals surface area (Å²) in [5.74, 6) is 0.277. The van der Waals surface area contributed by atoms with Crippen LogP contribution in [0.25, 0.3) is 0 Å². The van der Waals surface area contributed by atoms with E-state index in [0.29, 0.717) is 17.1 Å². The molecule has 0 saturated heterocycles. The molecule has 0 aliphatic carbocycles. The number of Topliss-reactive ketones (excluding diaryl/α,β-unsaturated/α-hetero) is 1. The van der Waals surface area contributed by atoms with E-state index in [9.17, 15) is 9.59 Å². The molecule has 1 aromatic carbocycles. The highest BCUT2D eigenvalue weighted by Crippen LogP contribution is 2.12. The van der Waals surface area contributed by atoms with Gasteiger partial charge < -0.3 is 15.5 Å². The van der Waals surface area contributed by atoms with Gasteiger partial charge in [-0.1, -0.05) is 0 Å². The predicted molar refractivity (Wildman–Crippen MR) is 98.1 cm³/mol. The Morgan fingerprint density at radius 3 is 2.48 bits per heavy atom. The van der Waals surface area contributed by atoms with E-state index in [1.54, 1.807) is 30.3 Å². The number of ketones is 1. The molecule has 1 heterocycles. The third kappa shape index (κ3) is 5.96. The highest BCUT2D eigenvalue weighted by atomic mass is 16.2. The van der Waals surface area contributed by atoms with E-state index < -0.39 is 0 Å². The molecule has 7 nitrogen and oxygen atoms in total. The molecule has 0 aliphatic rings. The molecule has 2 N–H and O–H groups in total. The normalized spacial score (nSPS) is 10.6. The third-order valence-corrected chi connectivity index (χ3v) is 3.54. The largest absolute Gasteiger partial charge is 0.370 e. The first-order valence-corrected chi connectivity index (χ1v) is 8.08. The number of carbonyl (C=O) groups excluding carboxylic acids is 2. The maximum Gasteiger partial charge on any atom is 0.274 e. The Hall–Kier alpha value is -2.80. The molecular weight excluding hydrogens is 318 g/mol. The standard InChI is InChI=1S/C18H23N5O2/c1-13(24)14-5-7-15(8-6-14)22-18(25)16-11-17(21-12-20-16)19-9-4-10-23(2)3/h5-8,11-12H,4,9-10H2,1-3H3,(H,22,25)(H,19,20,21). The van der Waals surface area contributed by atoms with Gasteiger partial charge in [0.2, 0.25) is 0 Å². The summed E-state index contributed by atoms with van der Waals surface area (Å²) in [4.78, 5) is 33.8. The summed E-state index contributed by atoms with van der Waals surface area (Å²) in [6.07, 6.45) is 2.34. The van der Waals surface area contributed by atoms with Gasteiger partial charge in [-0.3, -0.25) is 9.59 Å². The molecule has 1 aromatic heterocycles. The molecule has 1 amide bonds. The van der Waals surface area contributed by atoms with Crippen molar-refractivity contribution in [3.8, 4) is 0 Å². The van der Waals surface area contributed by atoms with Crippen molar-refractivity contribution in [1.29, 1.82) is 0 Å². The molecule has 2 rings (SSSR count). The smallest absolute Gasteiger partial charge is 0.274 e. The number of anilines is 2. The fourth-order valence-corrected chi connectivity index (χ4v) is 2.17. The summed E-state index contributed by atoms with van der Waals surface area (Å²) in [7, 11) is 4.05. The minimum absolute atomic E-state index is 0.0151. The monoisotopic (exact) mass is 341 g/mol. The topological polar surface area (TPSA) is 87.2 Å². The van der Waals surface area contributed by atoms with E-state index in [-0.39, 0.29) is 17.4 Å². The Bertz CT molecular complexity index is 729. The van der Waals surface area contributed by atoms with E-state index in [1.165, 1.54) is 13.3 Å². The van der Waals surface area contributed by atoms with Gasteiger partial charge in [-0.25, -0.2) is 9.97 Å². The number of nitrogens with one attached hydrogen (secondary N) is 2. The zero-order valence-electron chi connectivity index (χ0n) is 14.7. The van der Waals surface area contributed by atoms with Crippen LogP contribution in [0.1, 0.15) is 34.2 Å². The van der Waals surface area contributed by atoms with Gasteiger partial charge in [-0.2, -0.15) is 0 Å². The molecule has 0 bridgehead atoms. The Kier molecular flexibility index (Phi) is 6.59. The molecule has 25 heavy (non-hydrogen) atoms. The first kappa shape index (κ1) is 18.5. The lowest BCUT2D eigenvalue weighted by atomic mass is 10.1. The van der Waals surface area contributed by atoms with E-state index in [2.05, 4.69) is 25.5 Å². The molecule has 0 aliphatic heterocycles.